The van der Waals surface area contributed by atoms with Gasteiger partial charge in [-0.3, -0.25) is 9.59 Å². The van der Waals surface area contributed by atoms with Crippen LogP contribution in [0.25, 0.3) is 0 Å². The zero-order valence-corrected chi connectivity index (χ0v) is 21.5. The summed E-state index contributed by atoms with van der Waals surface area (Å²) in [6, 6.07) is 15.2. The maximum Gasteiger partial charge on any atom is 0.416 e. The third-order valence-electron chi connectivity index (χ3n) is 5.84. The van der Waals surface area contributed by atoms with Crippen LogP contribution in [0.1, 0.15) is 43.0 Å². The van der Waals surface area contributed by atoms with Crippen LogP contribution in [0.3, 0.4) is 0 Å². The molecule has 0 saturated carbocycles. The van der Waals surface area contributed by atoms with Crippen LogP contribution >= 0.6 is 0 Å². The minimum absolute atomic E-state index is 0.0359. The quantitative estimate of drug-likeness (QED) is 0.306. The van der Waals surface area contributed by atoms with Crippen molar-refractivity contribution < 1.29 is 37.4 Å². The first-order valence-electron chi connectivity index (χ1n) is 12.2. The summed E-state index contributed by atoms with van der Waals surface area (Å²) in [5, 5.41) is 14.3. The Labute approximate surface area is 229 Å². The first kappa shape index (κ1) is 29.9. The second kappa shape index (κ2) is 13.4. The number of carboxylic acid groups (broad SMARTS) is 1. The van der Waals surface area contributed by atoms with Gasteiger partial charge in [0.05, 0.1) is 24.3 Å². The molecule has 0 radical (unpaired) electrons. The van der Waals surface area contributed by atoms with Gasteiger partial charge in [0, 0.05) is 12.0 Å². The number of ether oxygens (including phenoxy) is 1. The van der Waals surface area contributed by atoms with E-state index in [1.807, 2.05) is 19.1 Å². The summed E-state index contributed by atoms with van der Waals surface area (Å²) in [7, 11) is 0. The van der Waals surface area contributed by atoms with Crippen LogP contribution in [-0.2, 0) is 28.7 Å². The second-order valence-electron chi connectivity index (χ2n) is 9.05. The zero-order valence-electron chi connectivity index (χ0n) is 21.5. The molecular weight excluding hydrogens is 525 g/mol. The van der Waals surface area contributed by atoms with Gasteiger partial charge in [-0.25, -0.2) is 4.79 Å². The lowest BCUT2D eigenvalue weighted by Gasteiger charge is -2.22. The van der Waals surface area contributed by atoms with E-state index >= 15 is 0 Å². The number of alkyl halides is 3. The molecular formula is C30H27F3N2O5. The average molecular weight is 553 g/mol. The fourth-order valence-electron chi connectivity index (χ4n) is 3.85. The number of amides is 2. The van der Waals surface area contributed by atoms with Crippen LogP contribution in [0.4, 0.5) is 13.2 Å². The SMILES string of the molecule is C#C[C@H](COCc1cccc(C(=O)O)c1)NC(=O)[C@H](Cc1cccc(C)c1)NC(=O)c1cccc(C(F)(F)F)c1. The van der Waals surface area contributed by atoms with Crippen LogP contribution in [0, 0.1) is 19.3 Å². The van der Waals surface area contributed by atoms with Crippen molar-refractivity contribution in [3.63, 3.8) is 0 Å². The standard InChI is InChI=1S/C30H27F3N2O5/c1-3-25(18-40-17-21-9-5-11-23(14-21)29(38)39)34-28(37)26(15-20-8-4-7-19(2)13-20)35-27(36)22-10-6-12-24(16-22)30(31,32)33/h1,4-14,16,25-26H,15,17-18H2,2H3,(H,34,37)(H,35,36)(H,38,39)/t25-,26+/m1/s1. The molecule has 0 aliphatic carbocycles. The van der Waals surface area contributed by atoms with Crippen LogP contribution < -0.4 is 10.6 Å². The van der Waals surface area contributed by atoms with E-state index in [4.69, 9.17) is 16.3 Å². The Balaban J connectivity index is 1.71. The van der Waals surface area contributed by atoms with Gasteiger partial charge in [-0.05, 0) is 48.4 Å². The van der Waals surface area contributed by atoms with Crippen LogP contribution in [0.5, 0.6) is 0 Å². The first-order valence-corrected chi connectivity index (χ1v) is 12.2. The summed E-state index contributed by atoms with van der Waals surface area (Å²) in [4.78, 5) is 37.3. The summed E-state index contributed by atoms with van der Waals surface area (Å²) >= 11 is 0. The Morgan fingerprint density at radius 1 is 0.950 bits per heavy atom. The number of aromatic carboxylic acids is 1. The molecule has 2 atom stereocenters. The molecule has 208 valence electrons. The number of nitrogens with one attached hydrogen (secondary N) is 2. The van der Waals surface area contributed by atoms with E-state index in [2.05, 4.69) is 16.6 Å². The lowest BCUT2D eigenvalue weighted by Crippen LogP contribution is -2.51. The highest BCUT2D eigenvalue weighted by Crippen LogP contribution is 2.29. The van der Waals surface area contributed by atoms with Crippen molar-refractivity contribution in [1.29, 1.82) is 0 Å². The van der Waals surface area contributed by atoms with Crippen molar-refractivity contribution in [2.45, 2.75) is 38.2 Å². The summed E-state index contributed by atoms with van der Waals surface area (Å²) in [5.74, 6) is -0.191. The van der Waals surface area contributed by atoms with Gasteiger partial charge in [0.2, 0.25) is 5.91 Å². The number of benzene rings is 3. The number of rotatable bonds is 11. The third kappa shape index (κ3) is 8.71. The summed E-state index contributed by atoms with van der Waals surface area (Å²) in [6.45, 7) is 1.78. The van der Waals surface area contributed by atoms with Crippen molar-refractivity contribution in [3.8, 4) is 12.3 Å². The van der Waals surface area contributed by atoms with Gasteiger partial charge in [0.1, 0.15) is 12.1 Å². The zero-order chi connectivity index (χ0) is 29.3. The molecule has 0 unspecified atom stereocenters. The number of terminal acetylenes is 1. The number of aryl methyl sites for hydroxylation is 1. The maximum absolute atomic E-state index is 13.2. The molecule has 0 aliphatic heterocycles. The highest BCUT2D eigenvalue weighted by Gasteiger charge is 2.31. The number of hydrogen-bond donors (Lipinski definition) is 3. The van der Waals surface area contributed by atoms with Crippen molar-refractivity contribution in [2.75, 3.05) is 6.61 Å². The van der Waals surface area contributed by atoms with Gasteiger partial charge in [0.25, 0.3) is 5.91 Å². The van der Waals surface area contributed by atoms with Crippen molar-refractivity contribution in [3.05, 3.63) is 106 Å². The molecule has 0 bridgehead atoms. The monoisotopic (exact) mass is 552 g/mol. The van der Waals surface area contributed by atoms with E-state index < -0.39 is 41.6 Å². The largest absolute Gasteiger partial charge is 0.478 e. The van der Waals surface area contributed by atoms with Gasteiger partial charge >= 0.3 is 12.1 Å². The molecule has 7 nitrogen and oxygen atoms in total. The lowest BCUT2D eigenvalue weighted by molar-refractivity contribution is -0.137. The Bertz CT molecular complexity index is 1410. The highest BCUT2D eigenvalue weighted by molar-refractivity contribution is 5.98. The van der Waals surface area contributed by atoms with Gasteiger partial charge in [0.15, 0.2) is 0 Å². The second-order valence-corrected chi connectivity index (χ2v) is 9.05. The molecule has 3 N–H and O–H groups in total. The Kier molecular flexibility index (Phi) is 10.1. The molecule has 0 aromatic heterocycles. The predicted molar refractivity (Wildman–Crippen MR) is 141 cm³/mol. The Morgan fingerprint density at radius 2 is 1.62 bits per heavy atom. The van der Waals surface area contributed by atoms with Gasteiger partial charge in [-0.2, -0.15) is 13.2 Å². The number of hydrogen-bond acceptors (Lipinski definition) is 4. The topological polar surface area (TPSA) is 105 Å². The van der Waals surface area contributed by atoms with Crippen molar-refractivity contribution in [1.82, 2.24) is 10.6 Å². The molecule has 0 aliphatic rings. The fraction of sp³-hybridized carbons (Fsp3) is 0.233. The predicted octanol–water partition coefficient (Wildman–Crippen LogP) is 4.39. The normalized spacial score (nSPS) is 12.6. The lowest BCUT2D eigenvalue weighted by atomic mass is 10.0. The number of carboxylic acids is 1. The fourth-order valence-corrected chi connectivity index (χ4v) is 3.85. The van der Waals surface area contributed by atoms with E-state index in [0.29, 0.717) is 11.6 Å². The summed E-state index contributed by atoms with van der Waals surface area (Å²) in [6.07, 6.45) is 0.989. The molecule has 0 spiro atoms. The van der Waals surface area contributed by atoms with E-state index in [1.54, 1.807) is 24.3 Å². The number of carbonyl (C=O) groups excluding carboxylic acids is 2. The van der Waals surface area contributed by atoms with Gasteiger partial charge in [-0.15, -0.1) is 6.42 Å². The summed E-state index contributed by atoms with van der Waals surface area (Å²) < 4.78 is 45.0. The third-order valence-corrected chi connectivity index (χ3v) is 5.84. The molecule has 0 heterocycles. The van der Waals surface area contributed by atoms with Crippen molar-refractivity contribution in [2.24, 2.45) is 0 Å². The van der Waals surface area contributed by atoms with E-state index in [0.717, 1.165) is 23.3 Å². The number of halogens is 3. The van der Waals surface area contributed by atoms with Crippen LogP contribution in [0.2, 0.25) is 0 Å². The molecule has 10 heteroatoms. The van der Waals surface area contributed by atoms with Gasteiger partial charge in [-0.1, -0.05) is 53.9 Å². The smallest absolute Gasteiger partial charge is 0.416 e. The summed E-state index contributed by atoms with van der Waals surface area (Å²) in [5.41, 5.74) is 1.08. The minimum atomic E-state index is -4.64. The first-order chi connectivity index (χ1) is 19.0. The molecule has 40 heavy (non-hydrogen) atoms. The number of carbonyl (C=O) groups is 3. The Hall–Kier alpha value is -4.62. The van der Waals surface area contributed by atoms with E-state index in [-0.39, 0.29) is 30.8 Å². The molecule has 3 aromatic rings. The molecule has 0 fully saturated rings. The molecule has 3 aromatic carbocycles. The van der Waals surface area contributed by atoms with E-state index in [9.17, 15) is 27.6 Å². The molecule has 3 rings (SSSR count). The van der Waals surface area contributed by atoms with Crippen molar-refractivity contribution >= 4 is 17.8 Å². The van der Waals surface area contributed by atoms with E-state index in [1.165, 1.54) is 18.2 Å². The highest BCUT2D eigenvalue weighted by atomic mass is 19.4. The van der Waals surface area contributed by atoms with Gasteiger partial charge < -0.3 is 20.5 Å². The van der Waals surface area contributed by atoms with Crippen LogP contribution in [-0.4, -0.2) is 41.6 Å². The minimum Gasteiger partial charge on any atom is -0.478 e. The van der Waals surface area contributed by atoms with Crippen LogP contribution in [0.15, 0.2) is 72.8 Å². The average Bonchev–Trinajstić information content (AvgIpc) is 2.91. The maximum atomic E-state index is 13.2. The molecule has 2 amide bonds. The molecule has 0 saturated heterocycles. The Morgan fingerprint density at radius 3 is 2.30 bits per heavy atom.